The van der Waals surface area contributed by atoms with Crippen molar-refractivity contribution in [1.82, 2.24) is 4.98 Å². The lowest BCUT2D eigenvalue weighted by molar-refractivity contribution is -0.106. The summed E-state index contributed by atoms with van der Waals surface area (Å²) in [4.78, 5) is 28.4. The molecule has 3 rings (SSSR count). The zero-order valence-electron chi connectivity index (χ0n) is 11.8. The predicted molar refractivity (Wildman–Crippen MR) is 82.7 cm³/mol. The van der Waals surface area contributed by atoms with E-state index in [0.717, 1.165) is 4.90 Å². The van der Waals surface area contributed by atoms with Crippen LogP contribution in [0.1, 0.15) is 5.56 Å². The molecule has 0 radical (unpaired) electrons. The van der Waals surface area contributed by atoms with E-state index in [4.69, 9.17) is 9.68 Å². The normalized spacial score (nSPS) is 10.0. The van der Waals surface area contributed by atoms with E-state index in [9.17, 15) is 9.59 Å². The van der Waals surface area contributed by atoms with Crippen LogP contribution in [0.25, 0.3) is 11.1 Å². The first-order valence-corrected chi connectivity index (χ1v) is 6.60. The minimum Gasteiger partial charge on any atom is -0.443 e. The molecule has 23 heavy (non-hydrogen) atoms. The molecule has 7 heteroatoms. The van der Waals surface area contributed by atoms with Gasteiger partial charge in [-0.05, 0) is 30.3 Å². The Morgan fingerprint density at radius 3 is 2.96 bits per heavy atom. The number of nitrogens with zero attached hydrogens (tertiary/aromatic N) is 3. The Balaban J connectivity index is 1.84. The van der Waals surface area contributed by atoms with Crippen LogP contribution < -0.4 is 10.2 Å². The van der Waals surface area contributed by atoms with E-state index >= 15 is 0 Å². The maximum Gasteiger partial charge on any atom is 0.332 e. The molecule has 2 aromatic carbocycles. The first-order valence-electron chi connectivity index (χ1n) is 6.60. The summed E-state index contributed by atoms with van der Waals surface area (Å²) in [5.41, 5.74) is 2.30. The Kier molecular flexibility index (Phi) is 3.72. The van der Waals surface area contributed by atoms with Crippen molar-refractivity contribution in [1.29, 1.82) is 5.26 Å². The van der Waals surface area contributed by atoms with Gasteiger partial charge >= 0.3 is 6.03 Å². The number of anilines is 2. The van der Waals surface area contributed by atoms with Gasteiger partial charge in [-0.2, -0.15) is 5.26 Å². The second-order valence-electron chi connectivity index (χ2n) is 4.60. The molecule has 3 amide bonds. The van der Waals surface area contributed by atoms with Crippen LogP contribution in [0.5, 0.6) is 0 Å². The summed E-state index contributed by atoms with van der Waals surface area (Å²) in [7, 11) is 0. The third kappa shape index (κ3) is 2.87. The van der Waals surface area contributed by atoms with Gasteiger partial charge in [-0.3, -0.25) is 4.79 Å². The highest BCUT2D eigenvalue weighted by Crippen LogP contribution is 2.20. The van der Waals surface area contributed by atoms with E-state index in [1.807, 2.05) is 6.07 Å². The second kappa shape index (κ2) is 5.99. The number of rotatable bonds is 3. The number of carbonyl (C=O) groups excluding carboxylic acids is 2. The summed E-state index contributed by atoms with van der Waals surface area (Å²) in [6, 6.07) is 12.5. The SMILES string of the molecule is N#Cc1cccc(N(C=O)C(=O)Nc2ccc3ncoc3c2)c1. The van der Waals surface area contributed by atoms with Crippen LogP contribution in [0.15, 0.2) is 53.3 Å². The Bertz CT molecular complexity index is 926. The third-order valence-electron chi connectivity index (χ3n) is 3.16. The van der Waals surface area contributed by atoms with Crippen molar-refractivity contribution in [3.8, 4) is 6.07 Å². The lowest BCUT2D eigenvalue weighted by atomic mass is 10.2. The van der Waals surface area contributed by atoms with E-state index in [1.165, 1.54) is 12.5 Å². The fourth-order valence-electron chi connectivity index (χ4n) is 2.07. The Labute approximate surface area is 130 Å². The highest BCUT2D eigenvalue weighted by molar-refractivity contribution is 6.12. The molecule has 0 saturated carbocycles. The number of carbonyl (C=O) groups is 2. The zero-order chi connectivity index (χ0) is 16.2. The molecular weight excluding hydrogens is 296 g/mol. The van der Waals surface area contributed by atoms with Crippen LogP contribution in [-0.2, 0) is 4.79 Å². The number of nitriles is 1. The van der Waals surface area contributed by atoms with Crippen LogP contribution in [0.2, 0.25) is 0 Å². The molecule has 1 N–H and O–H groups in total. The molecule has 7 nitrogen and oxygen atoms in total. The molecule has 112 valence electrons. The topological polar surface area (TPSA) is 99.2 Å². The van der Waals surface area contributed by atoms with Crippen LogP contribution >= 0.6 is 0 Å². The van der Waals surface area contributed by atoms with Crippen LogP contribution in [0.3, 0.4) is 0 Å². The van der Waals surface area contributed by atoms with Gasteiger partial charge in [-0.15, -0.1) is 0 Å². The Morgan fingerprint density at radius 2 is 2.17 bits per heavy atom. The summed E-state index contributed by atoms with van der Waals surface area (Å²) in [5.74, 6) is 0. The number of oxazole rings is 1. The van der Waals surface area contributed by atoms with Gasteiger partial charge in [-0.1, -0.05) is 6.07 Å². The monoisotopic (exact) mass is 306 g/mol. The number of benzene rings is 2. The van der Waals surface area contributed by atoms with E-state index in [1.54, 1.807) is 36.4 Å². The summed E-state index contributed by atoms with van der Waals surface area (Å²) in [6.07, 6.45) is 1.69. The summed E-state index contributed by atoms with van der Waals surface area (Å²) >= 11 is 0. The molecule has 0 fully saturated rings. The number of aromatic nitrogens is 1. The van der Waals surface area contributed by atoms with E-state index in [2.05, 4.69) is 10.3 Å². The molecule has 0 bridgehead atoms. The van der Waals surface area contributed by atoms with E-state index < -0.39 is 6.03 Å². The third-order valence-corrected chi connectivity index (χ3v) is 3.16. The number of nitrogens with one attached hydrogen (secondary N) is 1. The van der Waals surface area contributed by atoms with E-state index in [0.29, 0.717) is 34.4 Å². The average molecular weight is 306 g/mol. The first-order chi connectivity index (χ1) is 11.2. The molecule has 0 saturated heterocycles. The summed E-state index contributed by atoms with van der Waals surface area (Å²) in [5, 5.41) is 11.5. The number of amides is 3. The fourth-order valence-corrected chi connectivity index (χ4v) is 2.07. The molecule has 0 aliphatic carbocycles. The molecule has 0 aliphatic heterocycles. The maximum atomic E-state index is 12.3. The Morgan fingerprint density at radius 1 is 1.30 bits per heavy atom. The number of hydrogen-bond donors (Lipinski definition) is 1. The van der Waals surface area contributed by atoms with E-state index in [-0.39, 0.29) is 0 Å². The van der Waals surface area contributed by atoms with Crippen molar-refractivity contribution in [2.24, 2.45) is 0 Å². The lowest BCUT2D eigenvalue weighted by Crippen LogP contribution is -2.33. The van der Waals surface area contributed by atoms with Crippen molar-refractivity contribution in [3.05, 3.63) is 54.4 Å². The number of imide groups is 1. The van der Waals surface area contributed by atoms with Crippen molar-refractivity contribution in [3.63, 3.8) is 0 Å². The van der Waals surface area contributed by atoms with Gasteiger partial charge in [0.15, 0.2) is 12.0 Å². The van der Waals surface area contributed by atoms with Gasteiger partial charge in [0.1, 0.15) is 5.52 Å². The molecule has 0 unspecified atom stereocenters. The van der Waals surface area contributed by atoms with Gasteiger partial charge in [0.05, 0.1) is 17.3 Å². The minimum absolute atomic E-state index is 0.303. The quantitative estimate of drug-likeness (QED) is 0.750. The second-order valence-corrected chi connectivity index (χ2v) is 4.60. The van der Waals surface area contributed by atoms with Crippen molar-refractivity contribution in [2.45, 2.75) is 0 Å². The summed E-state index contributed by atoms with van der Waals surface area (Å²) < 4.78 is 5.16. The first kappa shape index (κ1) is 14.3. The number of fused-ring (bicyclic) bond motifs is 1. The molecule has 3 aromatic rings. The predicted octanol–water partition coefficient (Wildman–Crippen LogP) is 2.89. The average Bonchev–Trinajstić information content (AvgIpc) is 3.03. The molecular formula is C16H10N4O3. The van der Waals surface area contributed by atoms with Crippen LogP contribution in [0.4, 0.5) is 16.2 Å². The fraction of sp³-hybridized carbons (Fsp3) is 0. The highest BCUT2D eigenvalue weighted by atomic mass is 16.3. The van der Waals surface area contributed by atoms with Gasteiger partial charge in [0, 0.05) is 11.8 Å². The maximum absolute atomic E-state index is 12.3. The number of hydrogen-bond acceptors (Lipinski definition) is 5. The highest BCUT2D eigenvalue weighted by Gasteiger charge is 2.16. The Hall–Kier alpha value is -3.66. The number of urea groups is 1. The minimum atomic E-state index is -0.644. The van der Waals surface area contributed by atoms with Crippen LogP contribution in [0, 0.1) is 11.3 Å². The molecule has 1 aromatic heterocycles. The molecule has 0 aliphatic rings. The van der Waals surface area contributed by atoms with Crippen molar-refractivity contribution in [2.75, 3.05) is 10.2 Å². The summed E-state index contributed by atoms with van der Waals surface area (Å²) in [6.45, 7) is 0. The smallest absolute Gasteiger partial charge is 0.332 e. The van der Waals surface area contributed by atoms with Crippen molar-refractivity contribution < 1.29 is 14.0 Å². The molecule has 1 heterocycles. The van der Waals surface area contributed by atoms with Gasteiger partial charge in [0.25, 0.3) is 0 Å². The largest absolute Gasteiger partial charge is 0.443 e. The lowest BCUT2D eigenvalue weighted by Gasteiger charge is -2.16. The van der Waals surface area contributed by atoms with Gasteiger partial charge in [-0.25, -0.2) is 14.7 Å². The van der Waals surface area contributed by atoms with Gasteiger partial charge in [0.2, 0.25) is 6.41 Å². The molecule has 0 atom stereocenters. The molecule has 0 spiro atoms. The van der Waals surface area contributed by atoms with Crippen molar-refractivity contribution >= 4 is 34.9 Å². The zero-order valence-corrected chi connectivity index (χ0v) is 11.8. The van der Waals surface area contributed by atoms with Gasteiger partial charge < -0.3 is 9.73 Å². The standard InChI is InChI=1S/C16H10N4O3/c17-8-11-2-1-3-13(6-11)20(10-21)16(22)19-12-4-5-14-15(7-12)23-9-18-14/h1-7,9-10H,(H,19,22). The van der Waals surface area contributed by atoms with Crippen LogP contribution in [-0.4, -0.2) is 17.4 Å².